The molecule has 1 aromatic carbocycles. The Morgan fingerprint density at radius 1 is 1.40 bits per heavy atom. The van der Waals surface area contributed by atoms with Crippen molar-refractivity contribution < 1.29 is 4.74 Å². The van der Waals surface area contributed by atoms with E-state index in [4.69, 9.17) is 16.9 Å². The van der Waals surface area contributed by atoms with E-state index in [1.165, 1.54) is 5.56 Å². The van der Waals surface area contributed by atoms with Gasteiger partial charge in [0.2, 0.25) is 0 Å². The SMILES string of the molecule is C#CC(CCC)NC(C)(CN)Cc1ccc(OC)cc1. The summed E-state index contributed by atoms with van der Waals surface area (Å²) in [5.41, 5.74) is 6.98. The molecule has 0 radical (unpaired) electrons. The van der Waals surface area contributed by atoms with Gasteiger partial charge in [0.1, 0.15) is 5.75 Å². The minimum Gasteiger partial charge on any atom is -0.497 e. The van der Waals surface area contributed by atoms with Crippen LogP contribution < -0.4 is 15.8 Å². The standard InChI is InChI=1S/C17H26N2O/c1-5-7-15(6-2)19-17(3,13-18)12-14-8-10-16(20-4)11-9-14/h2,8-11,15,19H,5,7,12-13,18H2,1,3-4H3. The highest BCUT2D eigenvalue weighted by molar-refractivity contribution is 5.28. The molecule has 0 fully saturated rings. The number of terminal acetylenes is 1. The van der Waals surface area contributed by atoms with Gasteiger partial charge in [0, 0.05) is 12.1 Å². The van der Waals surface area contributed by atoms with Crippen molar-refractivity contribution >= 4 is 0 Å². The van der Waals surface area contributed by atoms with Gasteiger partial charge in [-0.15, -0.1) is 6.42 Å². The monoisotopic (exact) mass is 274 g/mol. The van der Waals surface area contributed by atoms with E-state index >= 15 is 0 Å². The van der Waals surface area contributed by atoms with Gasteiger partial charge in [-0.1, -0.05) is 31.4 Å². The Bertz CT molecular complexity index is 435. The second-order valence-corrected chi connectivity index (χ2v) is 5.44. The molecule has 3 heteroatoms. The molecule has 110 valence electrons. The van der Waals surface area contributed by atoms with Crippen LogP contribution in [0.1, 0.15) is 32.3 Å². The highest BCUT2D eigenvalue weighted by Gasteiger charge is 2.25. The summed E-state index contributed by atoms with van der Waals surface area (Å²) in [6, 6.07) is 8.15. The third kappa shape index (κ3) is 4.88. The lowest BCUT2D eigenvalue weighted by Crippen LogP contribution is -2.54. The molecule has 20 heavy (non-hydrogen) atoms. The van der Waals surface area contributed by atoms with E-state index in [0.717, 1.165) is 25.0 Å². The first kappa shape index (κ1) is 16.6. The molecular formula is C17H26N2O. The van der Waals surface area contributed by atoms with Gasteiger partial charge in [-0.2, -0.15) is 0 Å². The van der Waals surface area contributed by atoms with Crippen LogP contribution in [0.25, 0.3) is 0 Å². The van der Waals surface area contributed by atoms with E-state index in [9.17, 15) is 0 Å². The minimum atomic E-state index is -0.194. The molecule has 2 unspecified atom stereocenters. The number of benzene rings is 1. The van der Waals surface area contributed by atoms with Crippen molar-refractivity contribution in [2.24, 2.45) is 5.73 Å². The summed E-state index contributed by atoms with van der Waals surface area (Å²) in [6.45, 7) is 4.80. The van der Waals surface area contributed by atoms with Crippen LogP contribution >= 0.6 is 0 Å². The van der Waals surface area contributed by atoms with Crippen molar-refractivity contribution in [1.29, 1.82) is 0 Å². The highest BCUT2D eigenvalue weighted by Crippen LogP contribution is 2.17. The minimum absolute atomic E-state index is 0.0757. The first-order chi connectivity index (χ1) is 9.56. The Balaban J connectivity index is 2.74. The van der Waals surface area contributed by atoms with Gasteiger partial charge < -0.3 is 10.5 Å². The van der Waals surface area contributed by atoms with Gasteiger partial charge in [-0.05, 0) is 37.5 Å². The van der Waals surface area contributed by atoms with Crippen LogP contribution in [0.15, 0.2) is 24.3 Å². The lowest BCUT2D eigenvalue weighted by Gasteiger charge is -2.32. The highest BCUT2D eigenvalue weighted by atomic mass is 16.5. The lowest BCUT2D eigenvalue weighted by atomic mass is 9.91. The molecule has 0 saturated carbocycles. The summed E-state index contributed by atoms with van der Waals surface area (Å²) >= 11 is 0. The van der Waals surface area contributed by atoms with E-state index in [0.29, 0.717) is 6.54 Å². The van der Waals surface area contributed by atoms with Crippen LogP contribution in [0, 0.1) is 12.3 Å². The maximum absolute atomic E-state index is 5.95. The van der Waals surface area contributed by atoms with Crippen molar-refractivity contribution in [3.05, 3.63) is 29.8 Å². The molecule has 0 aliphatic carbocycles. The van der Waals surface area contributed by atoms with Crippen LogP contribution in [0.5, 0.6) is 5.75 Å². The molecule has 1 rings (SSSR count). The van der Waals surface area contributed by atoms with Gasteiger partial charge >= 0.3 is 0 Å². The van der Waals surface area contributed by atoms with Crippen molar-refractivity contribution in [1.82, 2.24) is 5.32 Å². The zero-order valence-corrected chi connectivity index (χ0v) is 12.8. The van der Waals surface area contributed by atoms with Crippen LogP contribution in [0.2, 0.25) is 0 Å². The average Bonchev–Trinajstić information content (AvgIpc) is 2.47. The summed E-state index contributed by atoms with van der Waals surface area (Å²) in [5, 5.41) is 3.52. The quantitative estimate of drug-likeness (QED) is 0.715. The molecular weight excluding hydrogens is 248 g/mol. The van der Waals surface area contributed by atoms with E-state index in [-0.39, 0.29) is 11.6 Å². The number of rotatable bonds is 8. The van der Waals surface area contributed by atoms with Gasteiger partial charge in [-0.3, -0.25) is 5.32 Å². The molecule has 3 N–H and O–H groups in total. The first-order valence-corrected chi connectivity index (χ1v) is 7.13. The number of hydrogen-bond donors (Lipinski definition) is 2. The summed E-state index contributed by atoms with van der Waals surface area (Å²) in [4.78, 5) is 0. The van der Waals surface area contributed by atoms with Crippen molar-refractivity contribution in [2.45, 2.75) is 44.7 Å². The smallest absolute Gasteiger partial charge is 0.118 e. The number of hydrogen-bond acceptors (Lipinski definition) is 3. The fraction of sp³-hybridized carbons (Fsp3) is 0.529. The van der Waals surface area contributed by atoms with Gasteiger partial charge in [0.25, 0.3) is 0 Å². The Hall–Kier alpha value is -1.50. The Kier molecular flexibility index (Phi) is 6.57. The third-order valence-electron chi connectivity index (χ3n) is 3.51. The molecule has 1 aromatic rings. The molecule has 0 aromatic heterocycles. The van der Waals surface area contributed by atoms with Gasteiger partial charge in [-0.25, -0.2) is 0 Å². The predicted molar refractivity (Wildman–Crippen MR) is 84.8 cm³/mol. The van der Waals surface area contributed by atoms with Crippen molar-refractivity contribution in [2.75, 3.05) is 13.7 Å². The molecule has 0 heterocycles. The molecule has 0 amide bonds. The largest absolute Gasteiger partial charge is 0.497 e. The van der Waals surface area contributed by atoms with Gasteiger partial charge in [0.05, 0.1) is 13.2 Å². The maximum atomic E-state index is 5.95. The molecule has 3 nitrogen and oxygen atoms in total. The normalized spacial score (nSPS) is 15.2. The van der Waals surface area contributed by atoms with Gasteiger partial charge in [0.15, 0.2) is 0 Å². The number of nitrogens with two attached hydrogens (primary N) is 1. The average molecular weight is 274 g/mol. The third-order valence-corrected chi connectivity index (χ3v) is 3.51. The molecule has 2 atom stereocenters. The summed E-state index contributed by atoms with van der Waals surface area (Å²) in [6.07, 6.45) is 8.45. The van der Waals surface area contributed by atoms with Crippen LogP contribution in [0.3, 0.4) is 0 Å². The Morgan fingerprint density at radius 2 is 2.05 bits per heavy atom. The number of methoxy groups -OCH3 is 1. The fourth-order valence-corrected chi connectivity index (χ4v) is 2.28. The van der Waals surface area contributed by atoms with E-state index < -0.39 is 0 Å². The molecule has 0 bridgehead atoms. The zero-order valence-electron chi connectivity index (χ0n) is 12.8. The van der Waals surface area contributed by atoms with E-state index in [1.54, 1.807) is 7.11 Å². The number of ether oxygens (including phenoxy) is 1. The van der Waals surface area contributed by atoms with Crippen LogP contribution in [-0.4, -0.2) is 25.2 Å². The Morgan fingerprint density at radius 3 is 2.50 bits per heavy atom. The summed E-state index contributed by atoms with van der Waals surface area (Å²) in [5.74, 6) is 3.67. The molecule has 0 aliphatic heterocycles. The summed E-state index contributed by atoms with van der Waals surface area (Å²) in [7, 11) is 1.67. The van der Waals surface area contributed by atoms with E-state index in [2.05, 4.69) is 37.2 Å². The lowest BCUT2D eigenvalue weighted by molar-refractivity contribution is 0.331. The van der Waals surface area contributed by atoms with Crippen molar-refractivity contribution in [3.8, 4) is 18.1 Å². The van der Waals surface area contributed by atoms with E-state index in [1.807, 2.05) is 12.1 Å². The Labute approximate surface area is 122 Å². The molecule has 0 aliphatic rings. The number of nitrogens with one attached hydrogen (secondary N) is 1. The van der Waals surface area contributed by atoms with Crippen molar-refractivity contribution in [3.63, 3.8) is 0 Å². The second-order valence-electron chi connectivity index (χ2n) is 5.44. The van der Waals surface area contributed by atoms with Crippen LogP contribution in [0.4, 0.5) is 0 Å². The summed E-state index contributed by atoms with van der Waals surface area (Å²) < 4.78 is 5.17. The second kappa shape index (κ2) is 7.94. The molecule has 0 saturated heterocycles. The predicted octanol–water partition coefficient (Wildman–Crippen LogP) is 2.35. The first-order valence-electron chi connectivity index (χ1n) is 7.13. The zero-order chi connectivity index (χ0) is 15.0. The molecule has 0 spiro atoms. The maximum Gasteiger partial charge on any atom is 0.118 e. The topological polar surface area (TPSA) is 47.3 Å². The fourth-order valence-electron chi connectivity index (χ4n) is 2.28. The van der Waals surface area contributed by atoms with Crippen LogP contribution in [-0.2, 0) is 6.42 Å².